The number of hydrogen-bond donors (Lipinski definition) is 1. The molecule has 0 saturated heterocycles. The summed E-state index contributed by atoms with van der Waals surface area (Å²) in [6.45, 7) is -1.15. The molecule has 0 radical (unpaired) electrons. The van der Waals surface area contributed by atoms with Gasteiger partial charge in [0.2, 0.25) is 0 Å². The minimum Gasteiger partial charge on any atom is -0.491 e. The molecule has 0 heterocycles. The molecule has 25 heavy (non-hydrogen) atoms. The third-order valence-electron chi connectivity index (χ3n) is 2.91. The van der Waals surface area contributed by atoms with Crippen molar-refractivity contribution in [2.24, 2.45) is 0 Å². The molecule has 2 aromatic rings. The lowest BCUT2D eigenvalue weighted by Gasteiger charge is -2.12. The maximum absolute atomic E-state index is 13.8. The first kappa shape index (κ1) is 19.2. The Morgan fingerprint density at radius 3 is 2.40 bits per heavy atom. The van der Waals surface area contributed by atoms with Crippen LogP contribution in [0.2, 0.25) is 5.02 Å². The zero-order chi connectivity index (χ0) is 18.6. The van der Waals surface area contributed by atoms with Gasteiger partial charge in [-0.1, -0.05) is 11.6 Å². The third-order valence-corrected chi connectivity index (χ3v) is 4.59. The van der Waals surface area contributed by atoms with Crippen molar-refractivity contribution in [1.82, 2.24) is 0 Å². The van der Waals surface area contributed by atoms with Crippen molar-refractivity contribution in [3.8, 4) is 11.5 Å². The molecule has 0 aliphatic carbocycles. The number of halogens is 4. The maximum Gasteiger partial charge on any atom is 0.387 e. The van der Waals surface area contributed by atoms with Gasteiger partial charge in [-0.05, 0) is 37.3 Å². The Balaban J connectivity index is 2.24. The normalized spacial score (nSPS) is 11.4. The highest BCUT2D eigenvalue weighted by Crippen LogP contribution is 2.30. The van der Waals surface area contributed by atoms with Gasteiger partial charge in [0, 0.05) is 6.07 Å². The molecule has 5 nitrogen and oxygen atoms in total. The van der Waals surface area contributed by atoms with Gasteiger partial charge in [0.15, 0.2) is 11.6 Å². The van der Waals surface area contributed by atoms with Gasteiger partial charge in [0.25, 0.3) is 10.0 Å². The highest BCUT2D eigenvalue weighted by Gasteiger charge is 2.18. The second-order valence-corrected chi connectivity index (χ2v) is 6.74. The van der Waals surface area contributed by atoms with E-state index in [0.717, 1.165) is 24.3 Å². The van der Waals surface area contributed by atoms with E-state index >= 15 is 0 Å². The summed E-state index contributed by atoms with van der Waals surface area (Å²) in [6, 6.07) is 6.55. The van der Waals surface area contributed by atoms with Crippen LogP contribution in [-0.2, 0) is 10.0 Å². The molecule has 0 amide bonds. The number of nitrogens with one attached hydrogen (secondary N) is 1. The van der Waals surface area contributed by atoms with Crippen LogP contribution in [0.5, 0.6) is 11.5 Å². The van der Waals surface area contributed by atoms with Crippen molar-refractivity contribution < 1.29 is 31.1 Å². The highest BCUT2D eigenvalue weighted by molar-refractivity contribution is 7.92. The number of sulfonamides is 1. The van der Waals surface area contributed by atoms with E-state index < -0.39 is 22.5 Å². The molecule has 0 unspecified atom stereocenters. The minimum absolute atomic E-state index is 0.0120. The Labute approximate surface area is 147 Å². The number of alkyl halides is 2. The van der Waals surface area contributed by atoms with E-state index in [4.69, 9.17) is 16.3 Å². The minimum atomic E-state index is -4.11. The summed E-state index contributed by atoms with van der Waals surface area (Å²) >= 11 is 5.74. The lowest BCUT2D eigenvalue weighted by Crippen LogP contribution is -2.13. The Hall–Kier alpha value is -2.13. The van der Waals surface area contributed by atoms with E-state index in [0.29, 0.717) is 0 Å². The van der Waals surface area contributed by atoms with Crippen LogP contribution in [-0.4, -0.2) is 21.6 Å². The van der Waals surface area contributed by atoms with Crippen LogP contribution in [0.1, 0.15) is 6.92 Å². The zero-order valence-electron chi connectivity index (χ0n) is 12.8. The van der Waals surface area contributed by atoms with Crippen LogP contribution in [0.4, 0.5) is 18.9 Å². The molecule has 0 fully saturated rings. The van der Waals surface area contributed by atoms with Crippen LogP contribution in [0.25, 0.3) is 0 Å². The summed E-state index contributed by atoms with van der Waals surface area (Å²) in [5, 5.41) is -0.305. The summed E-state index contributed by atoms with van der Waals surface area (Å²) in [7, 11) is -4.11. The molecule has 0 atom stereocenters. The SMILES string of the molecule is CCOc1ccc(NS(=O)(=O)c2ccc(OC(F)F)c(Cl)c2)cc1F. The smallest absolute Gasteiger partial charge is 0.387 e. The Morgan fingerprint density at radius 1 is 1.16 bits per heavy atom. The molecular weight excluding hydrogens is 383 g/mol. The summed E-state index contributed by atoms with van der Waals surface area (Å²) in [5.41, 5.74) is -0.0371. The lowest BCUT2D eigenvalue weighted by atomic mass is 10.3. The molecule has 0 aliphatic rings. The summed E-state index contributed by atoms with van der Waals surface area (Å²) in [5.74, 6) is -1.11. The number of benzene rings is 2. The average molecular weight is 396 g/mol. The van der Waals surface area contributed by atoms with E-state index in [-0.39, 0.29) is 33.7 Å². The first-order valence-corrected chi connectivity index (χ1v) is 8.78. The van der Waals surface area contributed by atoms with Crippen molar-refractivity contribution in [2.75, 3.05) is 11.3 Å². The average Bonchev–Trinajstić information content (AvgIpc) is 2.51. The molecule has 2 aromatic carbocycles. The van der Waals surface area contributed by atoms with Crippen molar-refractivity contribution >= 4 is 27.3 Å². The first-order chi connectivity index (χ1) is 11.7. The van der Waals surface area contributed by atoms with Gasteiger partial charge >= 0.3 is 6.61 Å². The number of ether oxygens (including phenoxy) is 2. The van der Waals surface area contributed by atoms with Crippen LogP contribution in [0.3, 0.4) is 0 Å². The van der Waals surface area contributed by atoms with E-state index in [9.17, 15) is 21.6 Å². The fraction of sp³-hybridized carbons (Fsp3) is 0.200. The molecule has 0 saturated carbocycles. The van der Waals surface area contributed by atoms with Crippen molar-refractivity contribution in [3.63, 3.8) is 0 Å². The van der Waals surface area contributed by atoms with Gasteiger partial charge in [0.05, 0.1) is 22.2 Å². The van der Waals surface area contributed by atoms with Crippen molar-refractivity contribution in [2.45, 2.75) is 18.4 Å². The molecule has 0 aromatic heterocycles. The standard InChI is InChI=1S/C15H13ClF3NO4S/c1-2-23-14-5-3-9(7-12(14)17)20-25(21,22)10-4-6-13(11(16)8-10)24-15(18)19/h3-8,15,20H,2H2,1H3. The Morgan fingerprint density at radius 2 is 1.84 bits per heavy atom. The predicted molar refractivity (Wildman–Crippen MR) is 86.5 cm³/mol. The number of anilines is 1. The molecular formula is C15H13ClF3NO4S. The van der Waals surface area contributed by atoms with Gasteiger partial charge < -0.3 is 9.47 Å². The summed E-state index contributed by atoms with van der Waals surface area (Å²) < 4.78 is 74.1. The molecule has 0 bridgehead atoms. The van der Waals surface area contributed by atoms with E-state index in [1.165, 1.54) is 12.1 Å². The predicted octanol–water partition coefficient (Wildman–Crippen LogP) is 4.28. The van der Waals surface area contributed by atoms with Crippen LogP contribution >= 0.6 is 11.6 Å². The topological polar surface area (TPSA) is 64.6 Å². The van der Waals surface area contributed by atoms with Crippen molar-refractivity contribution in [1.29, 1.82) is 0 Å². The number of rotatable bonds is 7. The molecule has 0 spiro atoms. The summed E-state index contributed by atoms with van der Waals surface area (Å²) in [6.07, 6.45) is 0. The Bertz CT molecular complexity index is 862. The van der Waals surface area contributed by atoms with Crippen LogP contribution < -0.4 is 14.2 Å². The summed E-state index contributed by atoms with van der Waals surface area (Å²) in [4.78, 5) is -0.298. The van der Waals surface area contributed by atoms with Gasteiger partial charge in [0.1, 0.15) is 5.75 Å². The fourth-order valence-electron chi connectivity index (χ4n) is 1.89. The fourth-order valence-corrected chi connectivity index (χ4v) is 3.26. The molecule has 136 valence electrons. The van der Waals surface area contributed by atoms with E-state index in [1.807, 2.05) is 0 Å². The second kappa shape index (κ2) is 7.83. The second-order valence-electron chi connectivity index (χ2n) is 4.65. The quantitative estimate of drug-likeness (QED) is 0.760. The molecule has 10 heteroatoms. The molecule has 1 N–H and O–H groups in total. The Kier molecular flexibility index (Phi) is 6.02. The first-order valence-electron chi connectivity index (χ1n) is 6.92. The highest BCUT2D eigenvalue weighted by atomic mass is 35.5. The van der Waals surface area contributed by atoms with E-state index in [1.54, 1.807) is 6.92 Å². The lowest BCUT2D eigenvalue weighted by molar-refractivity contribution is -0.0498. The van der Waals surface area contributed by atoms with Gasteiger partial charge in [-0.25, -0.2) is 12.8 Å². The monoisotopic (exact) mass is 395 g/mol. The van der Waals surface area contributed by atoms with Gasteiger partial charge in [-0.2, -0.15) is 8.78 Å². The molecule has 0 aliphatic heterocycles. The van der Waals surface area contributed by atoms with Gasteiger partial charge in [-0.15, -0.1) is 0 Å². The third kappa shape index (κ3) is 4.93. The zero-order valence-corrected chi connectivity index (χ0v) is 14.4. The van der Waals surface area contributed by atoms with Gasteiger partial charge in [-0.3, -0.25) is 4.72 Å². The van der Waals surface area contributed by atoms with Crippen molar-refractivity contribution in [3.05, 3.63) is 47.2 Å². The van der Waals surface area contributed by atoms with Crippen LogP contribution in [0, 0.1) is 5.82 Å². The van der Waals surface area contributed by atoms with Crippen LogP contribution in [0.15, 0.2) is 41.3 Å². The largest absolute Gasteiger partial charge is 0.491 e. The number of hydrogen-bond acceptors (Lipinski definition) is 4. The van der Waals surface area contributed by atoms with E-state index in [2.05, 4.69) is 9.46 Å². The maximum atomic E-state index is 13.8. The molecule has 2 rings (SSSR count).